The molecule has 0 spiro atoms. The lowest BCUT2D eigenvalue weighted by atomic mass is 10.3. The minimum atomic E-state index is -0.790. The van der Waals surface area contributed by atoms with Gasteiger partial charge in [-0.15, -0.1) is 11.3 Å². The third kappa shape index (κ3) is 3.41. The van der Waals surface area contributed by atoms with Crippen LogP contribution in [0.3, 0.4) is 0 Å². The van der Waals surface area contributed by atoms with Crippen LogP contribution >= 0.6 is 11.3 Å². The van der Waals surface area contributed by atoms with Crippen LogP contribution < -0.4 is 0 Å². The van der Waals surface area contributed by atoms with Crippen LogP contribution in [0.5, 0.6) is 0 Å². The van der Waals surface area contributed by atoms with Crippen LogP contribution in [0.1, 0.15) is 12.1 Å². The fourth-order valence-electron chi connectivity index (χ4n) is 1.56. The van der Waals surface area contributed by atoms with E-state index >= 15 is 0 Å². The first-order valence-electron chi connectivity index (χ1n) is 5.55. The van der Waals surface area contributed by atoms with Crippen LogP contribution in [-0.4, -0.2) is 34.7 Å². The highest BCUT2D eigenvalue weighted by atomic mass is 32.1. The molecule has 0 fully saturated rings. The van der Waals surface area contributed by atoms with Crippen molar-refractivity contribution in [2.24, 2.45) is 0 Å². The minimum absolute atomic E-state index is 0.131. The van der Waals surface area contributed by atoms with Gasteiger partial charge < -0.3 is 9.63 Å². The standard InChI is InChI=1S/C12H14N2O3S/c1-14(5-4-12(15)16)8-9-7-10(17-13-9)11-3-2-6-18-11/h2-3,6-7H,4-5,8H2,1H3,(H,15,16). The van der Waals surface area contributed by atoms with Crippen molar-refractivity contribution in [3.05, 3.63) is 29.3 Å². The molecular weight excluding hydrogens is 252 g/mol. The molecule has 0 unspecified atom stereocenters. The largest absolute Gasteiger partial charge is 0.481 e. The van der Waals surface area contributed by atoms with Crippen LogP contribution in [0, 0.1) is 0 Å². The number of nitrogens with zero attached hydrogens (tertiary/aromatic N) is 2. The van der Waals surface area contributed by atoms with E-state index in [1.165, 1.54) is 0 Å². The lowest BCUT2D eigenvalue weighted by Crippen LogP contribution is -2.21. The van der Waals surface area contributed by atoms with Crippen molar-refractivity contribution in [3.63, 3.8) is 0 Å². The summed E-state index contributed by atoms with van der Waals surface area (Å²) in [6.07, 6.45) is 0.131. The van der Waals surface area contributed by atoms with Crippen molar-refractivity contribution in [1.82, 2.24) is 10.1 Å². The van der Waals surface area contributed by atoms with Gasteiger partial charge in [0.05, 0.1) is 17.0 Å². The van der Waals surface area contributed by atoms with Crippen molar-refractivity contribution >= 4 is 17.3 Å². The maximum atomic E-state index is 10.5. The highest BCUT2D eigenvalue weighted by Gasteiger charge is 2.10. The molecule has 0 bridgehead atoms. The molecule has 96 valence electrons. The van der Waals surface area contributed by atoms with Gasteiger partial charge >= 0.3 is 5.97 Å². The first-order valence-corrected chi connectivity index (χ1v) is 6.43. The van der Waals surface area contributed by atoms with Gasteiger partial charge in [-0.1, -0.05) is 11.2 Å². The lowest BCUT2D eigenvalue weighted by molar-refractivity contribution is -0.137. The van der Waals surface area contributed by atoms with Gasteiger partial charge in [0.2, 0.25) is 0 Å². The van der Waals surface area contributed by atoms with E-state index in [1.807, 2.05) is 35.5 Å². The van der Waals surface area contributed by atoms with E-state index in [0.717, 1.165) is 16.3 Å². The molecule has 2 aromatic rings. The predicted molar refractivity (Wildman–Crippen MR) is 68.4 cm³/mol. The molecule has 0 amide bonds. The van der Waals surface area contributed by atoms with Gasteiger partial charge in [-0.3, -0.25) is 9.69 Å². The third-order valence-electron chi connectivity index (χ3n) is 2.46. The summed E-state index contributed by atoms with van der Waals surface area (Å²) >= 11 is 1.60. The van der Waals surface area contributed by atoms with Crippen LogP contribution in [0.25, 0.3) is 10.6 Å². The summed E-state index contributed by atoms with van der Waals surface area (Å²) in [5, 5.41) is 14.6. The van der Waals surface area contributed by atoms with Crippen LogP contribution in [0.4, 0.5) is 0 Å². The Bertz CT molecular complexity index is 507. The van der Waals surface area contributed by atoms with Crippen molar-refractivity contribution in [2.45, 2.75) is 13.0 Å². The van der Waals surface area contributed by atoms with E-state index < -0.39 is 5.97 Å². The summed E-state index contributed by atoms with van der Waals surface area (Å²) in [4.78, 5) is 13.4. The van der Waals surface area contributed by atoms with Gasteiger partial charge in [0.15, 0.2) is 5.76 Å². The molecule has 2 heterocycles. The Kier molecular flexibility index (Phi) is 4.11. The van der Waals surface area contributed by atoms with Gasteiger partial charge in [-0.2, -0.15) is 0 Å². The Balaban J connectivity index is 1.92. The fourth-order valence-corrected chi connectivity index (χ4v) is 2.24. The number of aromatic nitrogens is 1. The summed E-state index contributed by atoms with van der Waals surface area (Å²) < 4.78 is 5.25. The minimum Gasteiger partial charge on any atom is -0.481 e. The number of thiophene rings is 1. The second-order valence-electron chi connectivity index (χ2n) is 4.04. The highest BCUT2D eigenvalue weighted by molar-refractivity contribution is 7.13. The van der Waals surface area contributed by atoms with Crippen molar-refractivity contribution in [1.29, 1.82) is 0 Å². The first-order chi connectivity index (χ1) is 8.65. The predicted octanol–water partition coefficient (Wildman–Crippen LogP) is 2.31. The molecule has 0 radical (unpaired) electrons. The summed E-state index contributed by atoms with van der Waals surface area (Å²) in [6, 6.07) is 5.83. The van der Waals surface area contributed by atoms with Crippen molar-refractivity contribution in [2.75, 3.05) is 13.6 Å². The average Bonchev–Trinajstić information content (AvgIpc) is 2.95. The number of carboxylic acid groups (broad SMARTS) is 1. The number of rotatable bonds is 6. The number of hydrogen-bond donors (Lipinski definition) is 1. The van der Waals surface area contributed by atoms with Crippen LogP contribution in [-0.2, 0) is 11.3 Å². The molecule has 0 aromatic carbocycles. The number of carbonyl (C=O) groups is 1. The molecule has 0 aliphatic carbocycles. The quantitative estimate of drug-likeness (QED) is 0.869. The normalized spacial score (nSPS) is 11.0. The topological polar surface area (TPSA) is 66.6 Å². The summed E-state index contributed by atoms with van der Waals surface area (Å²) in [5.74, 6) is -0.0343. The zero-order chi connectivity index (χ0) is 13.0. The Hall–Kier alpha value is -1.66. The van der Waals surface area contributed by atoms with E-state index in [9.17, 15) is 4.79 Å². The van der Waals surface area contributed by atoms with Crippen molar-refractivity contribution < 1.29 is 14.4 Å². The van der Waals surface area contributed by atoms with Gasteiger partial charge in [0.1, 0.15) is 0 Å². The molecule has 2 rings (SSSR count). The molecular formula is C12H14N2O3S. The van der Waals surface area contributed by atoms with E-state index in [2.05, 4.69) is 5.16 Å². The molecule has 6 heteroatoms. The van der Waals surface area contributed by atoms with E-state index in [4.69, 9.17) is 9.63 Å². The Labute approximate surface area is 109 Å². The fraction of sp³-hybridized carbons (Fsp3) is 0.333. The molecule has 5 nitrogen and oxygen atoms in total. The average molecular weight is 266 g/mol. The summed E-state index contributed by atoms with van der Waals surface area (Å²) in [6.45, 7) is 1.08. The third-order valence-corrected chi connectivity index (χ3v) is 3.35. The Morgan fingerprint density at radius 3 is 3.11 bits per heavy atom. The van der Waals surface area contributed by atoms with E-state index in [-0.39, 0.29) is 6.42 Å². The smallest absolute Gasteiger partial charge is 0.304 e. The summed E-state index contributed by atoms with van der Waals surface area (Å²) in [7, 11) is 1.86. The maximum Gasteiger partial charge on any atom is 0.304 e. The molecule has 1 N–H and O–H groups in total. The molecule has 0 saturated heterocycles. The van der Waals surface area contributed by atoms with E-state index in [1.54, 1.807) is 11.3 Å². The monoisotopic (exact) mass is 266 g/mol. The first kappa shape index (κ1) is 12.8. The molecule has 2 aromatic heterocycles. The van der Waals surface area contributed by atoms with Crippen LogP contribution in [0.2, 0.25) is 0 Å². The lowest BCUT2D eigenvalue weighted by Gasteiger charge is -2.12. The Morgan fingerprint density at radius 1 is 1.61 bits per heavy atom. The summed E-state index contributed by atoms with van der Waals surface area (Å²) in [5.41, 5.74) is 0.811. The Morgan fingerprint density at radius 2 is 2.44 bits per heavy atom. The molecule has 18 heavy (non-hydrogen) atoms. The van der Waals surface area contributed by atoms with Crippen LogP contribution in [0.15, 0.2) is 28.1 Å². The second-order valence-corrected chi connectivity index (χ2v) is 4.99. The zero-order valence-corrected chi connectivity index (χ0v) is 10.8. The second kappa shape index (κ2) is 5.79. The number of hydrogen-bond acceptors (Lipinski definition) is 5. The number of carboxylic acids is 1. The van der Waals surface area contributed by atoms with Gasteiger partial charge in [0, 0.05) is 19.2 Å². The number of aliphatic carboxylic acids is 1. The molecule has 0 saturated carbocycles. The van der Waals surface area contributed by atoms with E-state index in [0.29, 0.717) is 13.1 Å². The maximum absolute atomic E-state index is 10.5. The SMILES string of the molecule is CN(CCC(=O)O)Cc1cc(-c2cccs2)on1. The zero-order valence-electron chi connectivity index (χ0n) is 10.00. The molecule has 0 atom stereocenters. The molecule has 0 aliphatic heterocycles. The van der Waals surface area contributed by atoms with Gasteiger partial charge in [-0.25, -0.2) is 0 Å². The van der Waals surface area contributed by atoms with Gasteiger partial charge in [-0.05, 0) is 18.5 Å². The van der Waals surface area contributed by atoms with Gasteiger partial charge in [0.25, 0.3) is 0 Å². The van der Waals surface area contributed by atoms with Crippen molar-refractivity contribution in [3.8, 4) is 10.6 Å². The highest BCUT2D eigenvalue weighted by Crippen LogP contribution is 2.25. The molecule has 0 aliphatic rings.